The lowest BCUT2D eigenvalue weighted by atomic mass is 10.1. The van der Waals surface area contributed by atoms with Crippen molar-refractivity contribution in [2.24, 2.45) is 0 Å². The van der Waals surface area contributed by atoms with Crippen molar-refractivity contribution in [3.63, 3.8) is 0 Å². The molecule has 2 aromatic heterocycles. The summed E-state index contributed by atoms with van der Waals surface area (Å²) in [7, 11) is 1.55. The maximum absolute atomic E-state index is 13.5. The summed E-state index contributed by atoms with van der Waals surface area (Å²) in [4.78, 5) is 26.4. The maximum Gasteiger partial charge on any atom is 0.310 e. The summed E-state index contributed by atoms with van der Waals surface area (Å²) in [5.74, 6) is -0.157. The van der Waals surface area contributed by atoms with Crippen molar-refractivity contribution >= 4 is 46.0 Å². The van der Waals surface area contributed by atoms with Crippen LogP contribution in [-0.4, -0.2) is 38.5 Å². The molecule has 0 fully saturated rings. The molecule has 0 atom stereocenters. The molecule has 0 saturated heterocycles. The van der Waals surface area contributed by atoms with Gasteiger partial charge in [0.25, 0.3) is 5.91 Å². The van der Waals surface area contributed by atoms with Crippen LogP contribution < -0.4 is 4.74 Å². The number of methoxy groups -OCH3 is 1. The van der Waals surface area contributed by atoms with E-state index in [9.17, 15) is 9.59 Å². The number of benzene rings is 3. The molecule has 2 heterocycles. The molecule has 0 unspecified atom stereocenters. The number of ether oxygens (including phenoxy) is 2. The van der Waals surface area contributed by atoms with E-state index in [0.717, 1.165) is 5.69 Å². The number of esters is 1. The Hall–Kier alpha value is -4.14. The van der Waals surface area contributed by atoms with Gasteiger partial charge in [0, 0.05) is 26.7 Å². The Morgan fingerprint density at radius 3 is 2.32 bits per heavy atom. The summed E-state index contributed by atoms with van der Waals surface area (Å²) in [6, 6.07) is 19.2. The number of nitrogens with zero attached hydrogens (tertiary/aromatic N) is 4. The molecule has 8 nitrogen and oxygen atoms in total. The largest absolute Gasteiger partial charge is 0.496 e. The first-order valence-corrected chi connectivity index (χ1v) is 12.4. The van der Waals surface area contributed by atoms with Crippen LogP contribution in [0, 0.1) is 6.92 Å². The highest BCUT2D eigenvalue weighted by Gasteiger charge is 2.24. The molecule has 3 aromatic carbocycles. The van der Waals surface area contributed by atoms with Gasteiger partial charge in [0.2, 0.25) is 0 Å². The highest BCUT2D eigenvalue weighted by molar-refractivity contribution is 6.31. The van der Waals surface area contributed by atoms with Gasteiger partial charge in [-0.3, -0.25) is 14.2 Å². The second-order valence-corrected chi connectivity index (χ2v) is 9.41. The molecule has 0 saturated carbocycles. The zero-order valence-electron chi connectivity index (χ0n) is 20.5. The minimum Gasteiger partial charge on any atom is -0.496 e. The first kappa shape index (κ1) is 25.5. The first-order chi connectivity index (χ1) is 18.4. The molecule has 0 aliphatic rings. The van der Waals surface area contributed by atoms with Crippen LogP contribution in [0.1, 0.15) is 27.3 Å². The van der Waals surface area contributed by atoms with Crippen molar-refractivity contribution in [3.8, 4) is 11.4 Å². The third kappa shape index (κ3) is 5.01. The lowest BCUT2D eigenvalue weighted by molar-refractivity contribution is -0.144. The molecule has 0 aliphatic carbocycles. The molecule has 0 aliphatic heterocycles. The predicted octanol–water partition coefficient (Wildman–Crippen LogP) is 5.82. The standard InChI is InChI=1S/C28H22Cl2N4O4/c1-17-23(14-26(35)38-16-21-15-33(32-31-21)22-12-10-20(30)11-13-22)27-24(4-3-5-25(27)37-2)34(17)28(36)18-6-8-19(29)9-7-18/h3-13,15H,14,16H2,1-2H3. The van der Waals surface area contributed by atoms with E-state index >= 15 is 0 Å². The van der Waals surface area contributed by atoms with Gasteiger partial charge in [0.15, 0.2) is 0 Å². The van der Waals surface area contributed by atoms with Crippen molar-refractivity contribution in [2.45, 2.75) is 20.0 Å². The summed E-state index contributed by atoms with van der Waals surface area (Å²) in [6.07, 6.45) is 1.62. The average molecular weight is 549 g/mol. The minimum absolute atomic E-state index is 0.0506. The van der Waals surface area contributed by atoms with Gasteiger partial charge in [-0.25, -0.2) is 4.68 Å². The summed E-state index contributed by atoms with van der Waals surface area (Å²) in [6.45, 7) is 1.75. The Kier molecular flexibility index (Phi) is 7.18. The number of halogens is 2. The van der Waals surface area contributed by atoms with Crippen LogP contribution in [0.4, 0.5) is 0 Å². The third-order valence-electron chi connectivity index (χ3n) is 6.17. The SMILES string of the molecule is COc1cccc2c1c(CC(=O)OCc1cn(-c3ccc(Cl)cc3)nn1)c(C)n2C(=O)c1ccc(Cl)cc1. The van der Waals surface area contributed by atoms with E-state index in [4.69, 9.17) is 32.7 Å². The first-order valence-electron chi connectivity index (χ1n) is 11.7. The molecular weight excluding hydrogens is 527 g/mol. The van der Waals surface area contributed by atoms with E-state index in [1.165, 1.54) is 0 Å². The molecule has 38 heavy (non-hydrogen) atoms. The molecule has 0 N–H and O–H groups in total. The monoisotopic (exact) mass is 548 g/mol. The highest BCUT2D eigenvalue weighted by Crippen LogP contribution is 2.34. The second kappa shape index (κ2) is 10.7. The normalized spacial score (nSPS) is 11.1. The maximum atomic E-state index is 13.5. The molecule has 192 valence electrons. The van der Waals surface area contributed by atoms with Gasteiger partial charge in [-0.05, 0) is 73.2 Å². The topological polar surface area (TPSA) is 88.2 Å². The zero-order chi connectivity index (χ0) is 26.8. The Morgan fingerprint density at radius 1 is 0.947 bits per heavy atom. The van der Waals surface area contributed by atoms with Gasteiger partial charge in [-0.1, -0.05) is 34.5 Å². The fraction of sp³-hybridized carbons (Fsp3) is 0.143. The quantitative estimate of drug-likeness (QED) is 0.238. The number of rotatable bonds is 7. The van der Waals surface area contributed by atoms with Crippen LogP contribution in [0.5, 0.6) is 5.75 Å². The molecule has 0 radical (unpaired) electrons. The van der Waals surface area contributed by atoms with Gasteiger partial charge in [0.1, 0.15) is 18.1 Å². The number of carbonyl (C=O) groups excluding carboxylic acids is 2. The fourth-order valence-electron chi connectivity index (χ4n) is 4.31. The molecule has 0 bridgehead atoms. The number of fused-ring (bicyclic) bond motifs is 1. The lowest BCUT2D eigenvalue weighted by Crippen LogP contribution is -2.14. The minimum atomic E-state index is -0.474. The van der Waals surface area contributed by atoms with Crippen molar-refractivity contribution in [3.05, 3.63) is 105 Å². The summed E-state index contributed by atoms with van der Waals surface area (Å²) >= 11 is 11.9. The molecule has 5 aromatic rings. The van der Waals surface area contributed by atoms with Crippen LogP contribution in [-0.2, 0) is 22.6 Å². The van der Waals surface area contributed by atoms with Crippen molar-refractivity contribution in [2.75, 3.05) is 7.11 Å². The summed E-state index contributed by atoms with van der Waals surface area (Å²) < 4.78 is 14.3. The Balaban J connectivity index is 1.39. The van der Waals surface area contributed by atoms with Crippen LogP contribution in [0.25, 0.3) is 16.6 Å². The fourth-order valence-corrected chi connectivity index (χ4v) is 4.56. The number of carbonyl (C=O) groups is 2. The van der Waals surface area contributed by atoms with E-state index in [1.807, 2.05) is 18.2 Å². The van der Waals surface area contributed by atoms with Gasteiger partial charge in [0.05, 0.1) is 30.9 Å². The zero-order valence-corrected chi connectivity index (χ0v) is 22.0. The number of hydrogen-bond donors (Lipinski definition) is 0. The van der Waals surface area contributed by atoms with E-state index in [-0.39, 0.29) is 18.9 Å². The average Bonchev–Trinajstić information content (AvgIpc) is 3.50. The van der Waals surface area contributed by atoms with Crippen LogP contribution >= 0.6 is 23.2 Å². The van der Waals surface area contributed by atoms with Gasteiger partial charge in [-0.2, -0.15) is 0 Å². The highest BCUT2D eigenvalue weighted by atomic mass is 35.5. The van der Waals surface area contributed by atoms with Crippen LogP contribution in [0.3, 0.4) is 0 Å². The predicted molar refractivity (Wildman–Crippen MR) is 144 cm³/mol. The van der Waals surface area contributed by atoms with Gasteiger partial charge in [-0.15, -0.1) is 5.10 Å². The molecule has 10 heteroatoms. The van der Waals surface area contributed by atoms with Crippen molar-refractivity contribution in [1.29, 1.82) is 0 Å². The number of aromatic nitrogens is 4. The molecule has 0 spiro atoms. The van der Waals surface area contributed by atoms with Crippen molar-refractivity contribution < 1.29 is 19.1 Å². The lowest BCUT2D eigenvalue weighted by Gasteiger charge is -2.08. The van der Waals surface area contributed by atoms with Gasteiger partial charge < -0.3 is 9.47 Å². The Morgan fingerprint density at radius 2 is 1.63 bits per heavy atom. The molecule has 0 amide bonds. The van der Waals surface area contributed by atoms with Crippen LogP contribution in [0.15, 0.2) is 72.9 Å². The van der Waals surface area contributed by atoms with E-state index < -0.39 is 5.97 Å². The van der Waals surface area contributed by atoms with Crippen LogP contribution in [0.2, 0.25) is 10.0 Å². The summed E-state index contributed by atoms with van der Waals surface area (Å²) in [5.41, 5.74) is 3.64. The second-order valence-electron chi connectivity index (χ2n) is 8.53. The van der Waals surface area contributed by atoms with E-state index in [0.29, 0.717) is 49.2 Å². The Bertz CT molecular complexity index is 1640. The smallest absolute Gasteiger partial charge is 0.310 e. The van der Waals surface area contributed by atoms with Crippen molar-refractivity contribution in [1.82, 2.24) is 19.6 Å². The third-order valence-corrected chi connectivity index (χ3v) is 6.67. The van der Waals surface area contributed by atoms with Gasteiger partial charge >= 0.3 is 5.97 Å². The van der Waals surface area contributed by atoms with E-state index in [1.54, 1.807) is 78.0 Å². The van der Waals surface area contributed by atoms with E-state index in [2.05, 4.69) is 10.3 Å². The summed E-state index contributed by atoms with van der Waals surface area (Å²) in [5, 5.41) is 9.99. The molecule has 5 rings (SSSR count). The Labute approximate surface area is 228 Å². The number of hydrogen-bond acceptors (Lipinski definition) is 6. The molecular formula is C28H22Cl2N4O4.